The molecule has 8 heteroatoms. The number of guanidine groups is 1. The van der Waals surface area contributed by atoms with Crippen LogP contribution in [0, 0.1) is 13.8 Å². The number of nitrogens with one attached hydrogen (secondary N) is 1. The molecular weight excluding hydrogens is 525 g/mol. The van der Waals surface area contributed by atoms with E-state index in [1.807, 2.05) is 13.2 Å². The maximum absolute atomic E-state index is 4.61. The molecule has 0 atom stereocenters. The smallest absolute Gasteiger partial charge is 0.194 e. The zero-order chi connectivity index (χ0) is 22.5. The van der Waals surface area contributed by atoms with Crippen molar-refractivity contribution in [2.75, 3.05) is 76.3 Å². The lowest BCUT2D eigenvalue weighted by Crippen LogP contribution is -2.52. The summed E-state index contributed by atoms with van der Waals surface area (Å²) in [4.78, 5) is 18.8. The van der Waals surface area contributed by atoms with Gasteiger partial charge in [-0.2, -0.15) is 0 Å². The summed E-state index contributed by atoms with van der Waals surface area (Å²) in [5.74, 6) is 2.05. The third kappa shape index (κ3) is 6.29. The second-order valence-electron chi connectivity index (χ2n) is 8.91. The van der Waals surface area contributed by atoms with Crippen LogP contribution >= 0.6 is 24.0 Å². The topological polar surface area (TPSA) is 50.2 Å². The zero-order valence-electron chi connectivity index (χ0n) is 20.4. The van der Waals surface area contributed by atoms with Crippen LogP contribution < -0.4 is 15.1 Å². The Balaban J connectivity index is 0.00000306. The summed E-state index contributed by atoms with van der Waals surface area (Å²) < 4.78 is 0. The van der Waals surface area contributed by atoms with Crippen molar-refractivity contribution in [2.24, 2.45) is 4.99 Å². The number of aromatic nitrogens is 1. The molecule has 180 valence electrons. The standard InChI is InChI=1S/C25H37N7.HI/c1-20-6-5-7-23(21(20)2)30-14-16-32(17-15-30)25(26-3)28-19-22-8-9-27-24(18-22)31-12-10-29(4)11-13-31;/h5-9,18H,10-17,19H2,1-4H3,(H,26,28);1H. The Morgan fingerprint density at radius 2 is 1.67 bits per heavy atom. The molecule has 2 fully saturated rings. The number of halogens is 1. The minimum atomic E-state index is 0. The van der Waals surface area contributed by atoms with Crippen LogP contribution in [0.5, 0.6) is 0 Å². The molecule has 2 aliphatic heterocycles. The van der Waals surface area contributed by atoms with E-state index in [9.17, 15) is 0 Å². The second-order valence-corrected chi connectivity index (χ2v) is 8.91. The van der Waals surface area contributed by atoms with Crippen molar-refractivity contribution in [1.82, 2.24) is 20.1 Å². The number of pyridine rings is 1. The molecule has 0 bridgehead atoms. The van der Waals surface area contributed by atoms with Gasteiger partial charge in [0.2, 0.25) is 0 Å². The van der Waals surface area contributed by atoms with E-state index >= 15 is 0 Å². The molecule has 0 amide bonds. The molecule has 1 N–H and O–H groups in total. The summed E-state index contributed by atoms with van der Waals surface area (Å²) in [6.07, 6.45) is 1.93. The highest BCUT2D eigenvalue weighted by Gasteiger charge is 2.21. The Kier molecular flexibility index (Phi) is 9.19. The van der Waals surface area contributed by atoms with E-state index < -0.39 is 0 Å². The molecule has 3 heterocycles. The zero-order valence-corrected chi connectivity index (χ0v) is 22.7. The van der Waals surface area contributed by atoms with Gasteiger partial charge in [0.05, 0.1) is 0 Å². The summed E-state index contributed by atoms with van der Waals surface area (Å²) in [7, 11) is 4.06. The van der Waals surface area contributed by atoms with Crippen LogP contribution in [0.4, 0.5) is 11.5 Å². The Bertz CT molecular complexity index is 932. The first-order chi connectivity index (χ1) is 15.5. The number of nitrogens with zero attached hydrogens (tertiary/aromatic N) is 6. The predicted octanol–water partition coefficient (Wildman–Crippen LogP) is 2.97. The van der Waals surface area contributed by atoms with Gasteiger partial charge in [-0.15, -0.1) is 24.0 Å². The Labute approximate surface area is 215 Å². The molecule has 2 aliphatic rings. The molecule has 0 radical (unpaired) electrons. The Hall–Kier alpha value is -2.07. The highest BCUT2D eigenvalue weighted by Crippen LogP contribution is 2.24. The molecular formula is C25H38IN7. The van der Waals surface area contributed by atoms with Crippen molar-refractivity contribution < 1.29 is 0 Å². The number of rotatable bonds is 4. The van der Waals surface area contributed by atoms with Crippen molar-refractivity contribution in [3.63, 3.8) is 0 Å². The van der Waals surface area contributed by atoms with Crippen LogP contribution in [0.1, 0.15) is 16.7 Å². The first kappa shape index (κ1) is 25.6. The van der Waals surface area contributed by atoms with Crippen molar-refractivity contribution >= 4 is 41.4 Å². The summed E-state index contributed by atoms with van der Waals surface area (Å²) >= 11 is 0. The Morgan fingerprint density at radius 3 is 2.36 bits per heavy atom. The van der Waals surface area contributed by atoms with E-state index in [2.05, 4.69) is 86.1 Å². The number of hydrogen-bond donors (Lipinski definition) is 1. The van der Waals surface area contributed by atoms with Crippen molar-refractivity contribution in [3.8, 4) is 0 Å². The van der Waals surface area contributed by atoms with Crippen LogP contribution in [0.3, 0.4) is 0 Å². The van der Waals surface area contributed by atoms with Gasteiger partial charge in [-0.1, -0.05) is 12.1 Å². The SMILES string of the molecule is CN=C(NCc1ccnc(N2CCN(C)CC2)c1)N1CCN(c2cccc(C)c2C)CC1.I. The van der Waals surface area contributed by atoms with Crippen LogP contribution in [-0.4, -0.2) is 87.2 Å². The highest BCUT2D eigenvalue weighted by atomic mass is 127. The van der Waals surface area contributed by atoms with Crippen molar-refractivity contribution in [1.29, 1.82) is 0 Å². The first-order valence-corrected chi connectivity index (χ1v) is 11.7. The largest absolute Gasteiger partial charge is 0.368 e. The van der Waals surface area contributed by atoms with Crippen LogP contribution in [0.2, 0.25) is 0 Å². The van der Waals surface area contributed by atoms with Crippen LogP contribution in [0.15, 0.2) is 41.5 Å². The van der Waals surface area contributed by atoms with Crippen molar-refractivity contribution in [2.45, 2.75) is 20.4 Å². The minimum absolute atomic E-state index is 0. The van der Waals surface area contributed by atoms with Crippen LogP contribution in [0.25, 0.3) is 0 Å². The lowest BCUT2D eigenvalue weighted by atomic mass is 10.1. The molecule has 1 aromatic carbocycles. The third-order valence-electron chi connectivity index (χ3n) is 6.80. The molecule has 0 spiro atoms. The van der Waals surface area contributed by atoms with Gasteiger partial charge in [-0.3, -0.25) is 4.99 Å². The van der Waals surface area contributed by atoms with Gasteiger partial charge < -0.3 is 24.9 Å². The first-order valence-electron chi connectivity index (χ1n) is 11.7. The molecule has 33 heavy (non-hydrogen) atoms. The number of aryl methyl sites for hydroxylation is 1. The molecule has 0 aliphatic carbocycles. The highest BCUT2D eigenvalue weighted by molar-refractivity contribution is 14.0. The van der Waals surface area contributed by atoms with Gasteiger partial charge in [0, 0.05) is 77.8 Å². The lowest BCUT2D eigenvalue weighted by molar-refractivity contribution is 0.312. The maximum atomic E-state index is 4.61. The van der Waals surface area contributed by atoms with Crippen molar-refractivity contribution in [3.05, 3.63) is 53.2 Å². The van der Waals surface area contributed by atoms with Gasteiger partial charge in [-0.05, 0) is 55.8 Å². The molecule has 0 saturated carbocycles. The van der Waals surface area contributed by atoms with Gasteiger partial charge in [0.1, 0.15) is 5.82 Å². The predicted molar refractivity (Wildman–Crippen MR) is 149 cm³/mol. The van der Waals surface area contributed by atoms with E-state index in [1.54, 1.807) is 0 Å². The minimum Gasteiger partial charge on any atom is -0.368 e. The molecule has 4 rings (SSSR count). The molecule has 0 unspecified atom stereocenters. The molecule has 2 aromatic rings. The molecule has 1 aromatic heterocycles. The average Bonchev–Trinajstić information content (AvgIpc) is 2.82. The normalized spacial score (nSPS) is 17.7. The van der Waals surface area contributed by atoms with E-state index in [1.165, 1.54) is 22.4 Å². The number of anilines is 2. The monoisotopic (exact) mass is 563 g/mol. The van der Waals surface area contributed by atoms with Gasteiger partial charge in [0.25, 0.3) is 0 Å². The molecule has 2 saturated heterocycles. The summed E-state index contributed by atoms with van der Waals surface area (Å²) in [6.45, 7) is 13.4. The van der Waals surface area contributed by atoms with E-state index in [-0.39, 0.29) is 24.0 Å². The van der Waals surface area contributed by atoms with Crippen LogP contribution in [-0.2, 0) is 6.54 Å². The maximum Gasteiger partial charge on any atom is 0.194 e. The van der Waals surface area contributed by atoms with Gasteiger partial charge in [-0.25, -0.2) is 4.98 Å². The number of hydrogen-bond acceptors (Lipinski definition) is 5. The summed E-state index contributed by atoms with van der Waals surface area (Å²) in [5.41, 5.74) is 5.35. The number of aliphatic imine (C=N–C) groups is 1. The third-order valence-corrected chi connectivity index (χ3v) is 6.80. The number of benzene rings is 1. The number of likely N-dealkylation sites (N-methyl/N-ethyl adjacent to an activating group) is 1. The average molecular weight is 564 g/mol. The quantitative estimate of drug-likeness (QED) is 0.351. The molecule has 7 nitrogen and oxygen atoms in total. The van der Waals surface area contributed by atoms with E-state index in [0.29, 0.717) is 0 Å². The van der Waals surface area contributed by atoms with E-state index in [4.69, 9.17) is 0 Å². The summed E-state index contributed by atoms with van der Waals surface area (Å²) in [6, 6.07) is 10.9. The fourth-order valence-corrected chi connectivity index (χ4v) is 4.53. The van der Waals surface area contributed by atoms with E-state index in [0.717, 1.165) is 70.7 Å². The fraction of sp³-hybridized carbons (Fsp3) is 0.520. The number of piperazine rings is 2. The van der Waals surface area contributed by atoms with Gasteiger partial charge >= 0.3 is 0 Å². The van der Waals surface area contributed by atoms with Gasteiger partial charge in [0.15, 0.2) is 5.96 Å². The fourth-order valence-electron chi connectivity index (χ4n) is 4.53. The second kappa shape index (κ2) is 11.9. The summed E-state index contributed by atoms with van der Waals surface area (Å²) in [5, 5.41) is 3.57. The lowest BCUT2D eigenvalue weighted by Gasteiger charge is -2.38. The Morgan fingerprint density at radius 1 is 0.970 bits per heavy atom.